The van der Waals surface area contributed by atoms with E-state index in [9.17, 15) is 0 Å². The minimum Gasteiger partial charge on any atom is -0.456 e. The van der Waals surface area contributed by atoms with Crippen molar-refractivity contribution in [3.05, 3.63) is 200 Å². The first kappa shape index (κ1) is 33.9. The van der Waals surface area contributed by atoms with Gasteiger partial charge in [-0.1, -0.05) is 164 Å². The Morgan fingerprint density at radius 2 is 0.933 bits per heavy atom. The van der Waals surface area contributed by atoms with Gasteiger partial charge in [0, 0.05) is 38.2 Å². The smallest absolute Gasteiger partial charge is 0.164 e. The fraction of sp³-hybridized carbons (Fsp3) is 0. The molecule has 5 heteroatoms. The summed E-state index contributed by atoms with van der Waals surface area (Å²) in [4.78, 5) is 14.9. The summed E-state index contributed by atoms with van der Waals surface area (Å²) in [5.74, 6) is 1.16. The van der Waals surface area contributed by atoms with E-state index < -0.39 is 0 Å². The highest BCUT2D eigenvalue weighted by Crippen LogP contribution is 2.47. The van der Waals surface area contributed by atoms with E-state index in [1.807, 2.05) is 18.2 Å². The Morgan fingerprint density at radius 1 is 0.333 bits per heavy atom. The molecule has 0 atom stereocenters. The largest absolute Gasteiger partial charge is 0.456 e. The summed E-state index contributed by atoms with van der Waals surface area (Å²) in [5, 5.41) is 6.34. The van der Waals surface area contributed by atoms with E-state index in [1.165, 1.54) is 16.7 Å². The molecule has 5 nitrogen and oxygen atoms in total. The topological polar surface area (TPSA) is 65.0 Å². The molecule has 0 fully saturated rings. The Hall–Kier alpha value is -8.15. The molecule has 12 rings (SSSR count). The predicted molar refractivity (Wildman–Crippen MR) is 245 cm³/mol. The maximum Gasteiger partial charge on any atom is 0.164 e. The van der Waals surface area contributed by atoms with E-state index in [0.29, 0.717) is 11.6 Å². The summed E-state index contributed by atoms with van der Waals surface area (Å²) >= 11 is 0. The fourth-order valence-corrected chi connectivity index (χ4v) is 8.88. The van der Waals surface area contributed by atoms with E-state index in [-0.39, 0.29) is 0 Å². The van der Waals surface area contributed by atoms with E-state index in [1.54, 1.807) is 6.33 Å². The van der Waals surface area contributed by atoms with Gasteiger partial charge in [0.25, 0.3) is 0 Å². The summed E-state index contributed by atoms with van der Waals surface area (Å²) in [6.45, 7) is 0. The van der Waals surface area contributed by atoms with E-state index in [4.69, 9.17) is 23.8 Å². The van der Waals surface area contributed by atoms with Crippen molar-refractivity contribution in [3.8, 4) is 67.3 Å². The summed E-state index contributed by atoms with van der Waals surface area (Å²) in [6, 6.07) is 67.6. The van der Waals surface area contributed by atoms with Crippen LogP contribution in [0.3, 0.4) is 0 Å². The molecule has 0 saturated carbocycles. The van der Waals surface area contributed by atoms with Crippen LogP contribution in [-0.4, -0.2) is 15.0 Å². The third-order valence-corrected chi connectivity index (χ3v) is 11.7. The molecule has 3 heterocycles. The first-order valence-electron chi connectivity index (χ1n) is 20.1. The molecule has 0 spiro atoms. The molecule has 0 aliphatic rings. The molecule has 0 aliphatic heterocycles. The molecule has 280 valence electrons. The second kappa shape index (κ2) is 13.8. The van der Waals surface area contributed by atoms with Gasteiger partial charge >= 0.3 is 0 Å². The van der Waals surface area contributed by atoms with Gasteiger partial charge in [-0.05, 0) is 80.0 Å². The predicted octanol–water partition coefficient (Wildman–Crippen LogP) is 14.8. The van der Waals surface area contributed by atoms with Gasteiger partial charge in [-0.2, -0.15) is 0 Å². The summed E-state index contributed by atoms with van der Waals surface area (Å²) < 4.78 is 13.3. The molecule has 0 radical (unpaired) electrons. The Balaban J connectivity index is 1.10. The minimum absolute atomic E-state index is 0.562. The highest BCUT2D eigenvalue weighted by atomic mass is 16.3. The lowest BCUT2D eigenvalue weighted by Gasteiger charge is -2.14. The average molecular weight is 768 g/mol. The van der Waals surface area contributed by atoms with Crippen LogP contribution in [0.2, 0.25) is 0 Å². The van der Waals surface area contributed by atoms with Crippen molar-refractivity contribution in [1.29, 1.82) is 0 Å². The van der Waals surface area contributed by atoms with Crippen molar-refractivity contribution in [3.63, 3.8) is 0 Å². The highest BCUT2D eigenvalue weighted by molar-refractivity contribution is 6.22. The van der Waals surface area contributed by atoms with Crippen LogP contribution in [0.25, 0.3) is 122 Å². The number of rotatable bonds is 6. The molecule has 0 aliphatic carbocycles. The number of benzene rings is 9. The van der Waals surface area contributed by atoms with Crippen LogP contribution in [0.1, 0.15) is 0 Å². The maximum atomic E-state index is 6.73. The summed E-state index contributed by atoms with van der Waals surface area (Å²) in [6.07, 6.45) is 1.62. The van der Waals surface area contributed by atoms with Gasteiger partial charge in [0.15, 0.2) is 11.6 Å². The molecule has 0 unspecified atom stereocenters. The fourth-order valence-electron chi connectivity index (χ4n) is 8.88. The Kier molecular flexibility index (Phi) is 7.78. The molecule has 0 saturated heterocycles. The zero-order chi connectivity index (χ0) is 39.6. The summed E-state index contributed by atoms with van der Waals surface area (Å²) in [5.41, 5.74) is 13.7. The minimum atomic E-state index is 0.562. The standard InChI is InChI=1S/C55H33N3O2/c1-2-13-35(14-3-1)40-16-6-7-17-41(40)36-25-27-37(28-26-36)42-30-31-49-52(51(42)55-57-33-56-54(58-55)39-29-24-34-12-4-5-15-38(34)32-39)50-44(19-11-23-48(50)59-49)46-21-10-20-45-43-18-8-9-22-47(43)60-53(45)46/h1-33H. The van der Waals surface area contributed by atoms with Crippen LogP contribution in [0.4, 0.5) is 0 Å². The van der Waals surface area contributed by atoms with Crippen molar-refractivity contribution in [2.75, 3.05) is 0 Å². The molecule has 0 N–H and O–H groups in total. The Bertz CT molecular complexity index is 3600. The lowest BCUT2D eigenvalue weighted by molar-refractivity contribution is 0.669. The van der Waals surface area contributed by atoms with E-state index in [2.05, 4.69) is 176 Å². The second-order valence-corrected chi connectivity index (χ2v) is 15.1. The number of hydrogen-bond donors (Lipinski definition) is 0. The normalized spacial score (nSPS) is 11.7. The van der Waals surface area contributed by atoms with Gasteiger partial charge in [0.2, 0.25) is 0 Å². The van der Waals surface area contributed by atoms with Gasteiger partial charge in [-0.15, -0.1) is 0 Å². The first-order chi connectivity index (χ1) is 29.7. The molecule has 0 bridgehead atoms. The second-order valence-electron chi connectivity index (χ2n) is 15.1. The van der Waals surface area contributed by atoms with Crippen molar-refractivity contribution in [1.82, 2.24) is 15.0 Å². The Labute approximate surface area is 344 Å². The highest BCUT2D eigenvalue weighted by Gasteiger charge is 2.24. The van der Waals surface area contributed by atoms with Crippen LogP contribution in [0.5, 0.6) is 0 Å². The molecule has 3 aromatic heterocycles. The number of fused-ring (bicyclic) bond motifs is 7. The SMILES string of the molecule is c1ccc(-c2ccccc2-c2ccc(-c3ccc4oc5cccc(-c6cccc7c6oc6ccccc67)c5c4c3-c3ncnc(-c4ccc5ccccc5c4)n3)cc2)cc1. The monoisotopic (exact) mass is 767 g/mol. The molecule has 0 amide bonds. The van der Waals surface area contributed by atoms with Crippen LogP contribution in [0.15, 0.2) is 209 Å². The summed E-state index contributed by atoms with van der Waals surface area (Å²) in [7, 11) is 0. The van der Waals surface area contributed by atoms with E-state index >= 15 is 0 Å². The lowest BCUT2D eigenvalue weighted by atomic mass is 9.90. The third-order valence-electron chi connectivity index (χ3n) is 11.7. The zero-order valence-corrected chi connectivity index (χ0v) is 32.2. The van der Waals surface area contributed by atoms with Crippen molar-refractivity contribution >= 4 is 54.6 Å². The Morgan fingerprint density at radius 3 is 1.78 bits per heavy atom. The zero-order valence-electron chi connectivity index (χ0n) is 32.2. The van der Waals surface area contributed by atoms with Crippen LogP contribution < -0.4 is 0 Å². The van der Waals surface area contributed by atoms with Crippen molar-refractivity contribution < 1.29 is 8.83 Å². The third kappa shape index (κ3) is 5.52. The quantitative estimate of drug-likeness (QED) is 0.169. The maximum absolute atomic E-state index is 6.73. The molecule has 60 heavy (non-hydrogen) atoms. The number of para-hydroxylation sites is 2. The van der Waals surface area contributed by atoms with Crippen molar-refractivity contribution in [2.24, 2.45) is 0 Å². The van der Waals surface area contributed by atoms with Gasteiger partial charge < -0.3 is 8.83 Å². The average Bonchev–Trinajstić information content (AvgIpc) is 3.90. The van der Waals surface area contributed by atoms with Crippen LogP contribution >= 0.6 is 0 Å². The number of aromatic nitrogens is 3. The lowest BCUT2D eigenvalue weighted by Crippen LogP contribution is -1.98. The number of furan rings is 2. The van der Waals surface area contributed by atoms with Gasteiger partial charge in [0.05, 0.1) is 0 Å². The molecular weight excluding hydrogens is 735 g/mol. The van der Waals surface area contributed by atoms with Crippen LogP contribution in [0, 0.1) is 0 Å². The first-order valence-corrected chi connectivity index (χ1v) is 20.1. The van der Waals surface area contributed by atoms with E-state index in [0.717, 1.165) is 93.6 Å². The molecule has 12 aromatic rings. The van der Waals surface area contributed by atoms with Crippen molar-refractivity contribution in [2.45, 2.75) is 0 Å². The van der Waals surface area contributed by atoms with Gasteiger partial charge in [-0.25, -0.2) is 15.0 Å². The molecular formula is C55H33N3O2. The van der Waals surface area contributed by atoms with Crippen LogP contribution in [-0.2, 0) is 0 Å². The van der Waals surface area contributed by atoms with Gasteiger partial charge in [0.1, 0.15) is 28.7 Å². The molecule has 9 aromatic carbocycles. The van der Waals surface area contributed by atoms with Gasteiger partial charge in [-0.3, -0.25) is 0 Å². The number of hydrogen-bond acceptors (Lipinski definition) is 5. The number of nitrogens with zero attached hydrogens (tertiary/aromatic N) is 3.